The van der Waals surface area contributed by atoms with E-state index < -0.39 is 5.97 Å². The second kappa shape index (κ2) is 10.1. The van der Waals surface area contributed by atoms with E-state index >= 15 is 0 Å². The van der Waals surface area contributed by atoms with E-state index in [0.29, 0.717) is 23.3 Å². The summed E-state index contributed by atoms with van der Waals surface area (Å²) in [5, 5.41) is 9.89. The second-order valence-corrected chi connectivity index (χ2v) is 7.50. The number of nitrogens with zero attached hydrogens (tertiary/aromatic N) is 1. The number of benzene rings is 1. The van der Waals surface area contributed by atoms with Crippen molar-refractivity contribution in [2.24, 2.45) is 0 Å². The first-order valence-electron chi connectivity index (χ1n) is 10.7. The third-order valence-electron chi connectivity index (χ3n) is 5.35. The molecule has 0 saturated heterocycles. The highest BCUT2D eigenvalue weighted by Gasteiger charge is 2.21. The van der Waals surface area contributed by atoms with Gasteiger partial charge in [-0.3, -0.25) is 0 Å². The van der Waals surface area contributed by atoms with Crippen LogP contribution < -0.4 is 4.74 Å². The van der Waals surface area contributed by atoms with Crippen LogP contribution in [0.4, 0.5) is 0 Å². The van der Waals surface area contributed by atoms with E-state index in [9.17, 15) is 9.90 Å². The highest BCUT2D eigenvalue weighted by molar-refractivity contribution is 6.04. The number of rotatable bonds is 11. The van der Waals surface area contributed by atoms with Crippen LogP contribution in [-0.2, 0) is 6.42 Å². The highest BCUT2D eigenvalue weighted by Crippen LogP contribution is 2.36. The molecule has 3 rings (SSSR count). The number of ether oxygens (including phenoxy) is 1. The van der Waals surface area contributed by atoms with Crippen molar-refractivity contribution < 1.29 is 14.6 Å². The minimum atomic E-state index is -0.919. The molecule has 0 radical (unpaired) electrons. The van der Waals surface area contributed by atoms with Crippen LogP contribution in [0.15, 0.2) is 48.8 Å². The van der Waals surface area contributed by atoms with Gasteiger partial charge in [0.1, 0.15) is 5.75 Å². The Kier molecular flexibility index (Phi) is 7.34. The zero-order valence-electron chi connectivity index (χ0n) is 17.5. The van der Waals surface area contributed by atoms with Crippen molar-refractivity contribution >= 4 is 11.5 Å². The standard InChI is InChI=1S/C25H31NO3/c1-3-5-6-7-8-9-12-19-14-15-23(29-4-2)20(17-19)21-18-26-16-11-10-13-22(26)24(21)25(27)28/h10-11,13-18H,3-9,12H2,1-2H3,(H,27,28). The van der Waals surface area contributed by atoms with E-state index in [-0.39, 0.29) is 0 Å². The summed E-state index contributed by atoms with van der Waals surface area (Å²) in [5.74, 6) is -0.185. The number of carbonyl (C=O) groups is 1. The Morgan fingerprint density at radius 2 is 1.79 bits per heavy atom. The fourth-order valence-electron chi connectivity index (χ4n) is 3.89. The van der Waals surface area contributed by atoms with Gasteiger partial charge in [0.05, 0.1) is 17.7 Å². The molecule has 0 amide bonds. The molecule has 0 aliphatic carbocycles. The van der Waals surface area contributed by atoms with Crippen LogP contribution in [0.25, 0.3) is 16.6 Å². The van der Waals surface area contributed by atoms with Gasteiger partial charge in [0.25, 0.3) is 0 Å². The summed E-state index contributed by atoms with van der Waals surface area (Å²) in [6.45, 7) is 4.72. The van der Waals surface area contributed by atoms with Crippen LogP contribution in [0.2, 0.25) is 0 Å². The lowest BCUT2D eigenvalue weighted by Gasteiger charge is -2.12. The predicted molar refractivity (Wildman–Crippen MR) is 118 cm³/mol. The molecular formula is C25H31NO3. The summed E-state index contributed by atoms with van der Waals surface area (Å²) in [6, 6.07) is 11.8. The fraction of sp³-hybridized carbons (Fsp3) is 0.400. The van der Waals surface area contributed by atoms with E-state index in [1.165, 1.54) is 37.7 Å². The van der Waals surface area contributed by atoms with Crippen LogP contribution >= 0.6 is 0 Å². The van der Waals surface area contributed by atoms with E-state index in [0.717, 1.165) is 24.2 Å². The van der Waals surface area contributed by atoms with Gasteiger partial charge in [0, 0.05) is 23.5 Å². The Morgan fingerprint density at radius 1 is 1.00 bits per heavy atom. The molecule has 29 heavy (non-hydrogen) atoms. The minimum Gasteiger partial charge on any atom is -0.493 e. The van der Waals surface area contributed by atoms with E-state index in [4.69, 9.17) is 4.74 Å². The third-order valence-corrected chi connectivity index (χ3v) is 5.35. The summed E-state index contributed by atoms with van der Waals surface area (Å²) in [7, 11) is 0. The van der Waals surface area contributed by atoms with Crippen molar-refractivity contribution in [3.8, 4) is 16.9 Å². The van der Waals surface area contributed by atoms with Gasteiger partial charge in [-0.25, -0.2) is 4.79 Å². The summed E-state index contributed by atoms with van der Waals surface area (Å²) in [5.41, 5.74) is 3.81. The number of pyridine rings is 1. The number of fused-ring (bicyclic) bond motifs is 1. The quantitative estimate of drug-likeness (QED) is 0.373. The van der Waals surface area contributed by atoms with Gasteiger partial charge in [-0.05, 0) is 49.6 Å². The Hall–Kier alpha value is -2.75. The van der Waals surface area contributed by atoms with Crippen molar-refractivity contribution in [1.29, 1.82) is 0 Å². The van der Waals surface area contributed by atoms with Gasteiger partial charge in [0.15, 0.2) is 0 Å². The molecule has 0 unspecified atom stereocenters. The summed E-state index contributed by atoms with van der Waals surface area (Å²) in [4.78, 5) is 12.1. The number of aromatic carboxylic acids is 1. The average Bonchev–Trinajstić information content (AvgIpc) is 3.11. The number of carboxylic acids is 1. The van der Waals surface area contributed by atoms with Crippen LogP contribution in [0.1, 0.15) is 68.3 Å². The molecule has 0 atom stereocenters. The monoisotopic (exact) mass is 393 g/mol. The lowest BCUT2D eigenvalue weighted by Crippen LogP contribution is -2.00. The van der Waals surface area contributed by atoms with E-state index in [2.05, 4.69) is 19.1 Å². The first-order chi connectivity index (χ1) is 14.2. The van der Waals surface area contributed by atoms with Crippen molar-refractivity contribution in [3.05, 3.63) is 59.9 Å². The number of hydrogen-bond acceptors (Lipinski definition) is 2. The topological polar surface area (TPSA) is 50.9 Å². The first-order valence-corrected chi connectivity index (χ1v) is 10.7. The molecule has 4 nitrogen and oxygen atoms in total. The lowest BCUT2D eigenvalue weighted by atomic mass is 9.97. The summed E-state index contributed by atoms with van der Waals surface area (Å²) >= 11 is 0. The number of aryl methyl sites for hydroxylation is 1. The number of unbranched alkanes of at least 4 members (excludes halogenated alkanes) is 5. The molecule has 0 aliphatic rings. The van der Waals surface area contributed by atoms with E-state index in [1.807, 2.05) is 48.0 Å². The van der Waals surface area contributed by atoms with Gasteiger partial charge < -0.3 is 14.2 Å². The summed E-state index contributed by atoms with van der Waals surface area (Å²) < 4.78 is 7.71. The summed E-state index contributed by atoms with van der Waals surface area (Å²) in [6.07, 6.45) is 12.3. The van der Waals surface area contributed by atoms with Gasteiger partial charge in [-0.15, -0.1) is 0 Å². The van der Waals surface area contributed by atoms with Crippen molar-refractivity contribution in [1.82, 2.24) is 4.40 Å². The minimum absolute atomic E-state index is 0.322. The van der Waals surface area contributed by atoms with E-state index in [1.54, 1.807) is 0 Å². The number of hydrogen-bond donors (Lipinski definition) is 1. The van der Waals surface area contributed by atoms with Gasteiger partial charge in [-0.2, -0.15) is 0 Å². The van der Waals surface area contributed by atoms with Gasteiger partial charge >= 0.3 is 5.97 Å². The highest BCUT2D eigenvalue weighted by atomic mass is 16.5. The molecule has 0 spiro atoms. The molecule has 4 heteroatoms. The van der Waals surface area contributed by atoms with Crippen LogP contribution in [0, 0.1) is 0 Å². The fourth-order valence-corrected chi connectivity index (χ4v) is 3.89. The maximum absolute atomic E-state index is 12.1. The van der Waals surface area contributed by atoms with Crippen LogP contribution in [-0.4, -0.2) is 22.1 Å². The molecule has 0 fully saturated rings. The maximum Gasteiger partial charge on any atom is 0.338 e. The van der Waals surface area contributed by atoms with Crippen LogP contribution in [0.3, 0.4) is 0 Å². The maximum atomic E-state index is 12.1. The van der Waals surface area contributed by atoms with Crippen molar-refractivity contribution in [2.75, 3.05) is 6.61 Å². The molecule has 0 aliphatic heterocycles. The van der Waals surface area contributed by atoms with Crippen molar-refractivity contribution in [2.45, 2.75) is 58.8 Å². The smallest absolute Gasteiger partial charge is 0.338 e. The molecule has 154 valence electrons. The molecular weight excluding hydrogens is 362 g/mol. The Labute approximate surface area is 173 Å². The van der Waals surface area contributed by atoms with Crippen molar-refractivity contribution in [3.63, 3.8) is 0 Å². The Morgan fingerprint density at radius 3 is 2.55 bits per heavy atom. The lowest BCUT2D eigenvalue weighted by molar-refractivity contribution is 0.0700. The third kappa shape index (κ3) is 5.00. The molecule has 2 heterocycles. The molecule has 3 aromatic rings. The molecule has 1 aromatic carbocycles. The Balaban J connectivity index is 1.92. The second-order valence-electron chi connectivity index (χ2n) is 7.50. The number of carboxylic acid groups (broad SMARTS) is 1. The predicted octanol–water partition coefficient (Wildman–Crippen LogP) is 6.61. The number of aromatic nitrogens is 1. The molecule has 2 aromatic heterocycles. The normalized spacial score (nSPS) is 11.1. The first kappa shape index (κ1) is 21.0. The largest absolute Gasteiger partial charge is 0.493 e. The zero-order valence-corrected chi connectivity index (χ0v) is 17.5. The SMILES string of the molecule is CCCCCCCCc1ccc(OCC)c(-c2cn3ccccc3c2C(=O)O)c1. The average molecular weight is 394 g/mol. The van der Waals surface area contributed by atoms with Gasteiger partial charge in [0.2, 0.25) is 0 Å². The zero-order chi connectivity index (χ0) is 20.6. The van der Waals surface area contributed by atoms with Gasteiger partial charge in [-0.1, -0.05) is 51.2 Å². The van der Waals surface area contributed by atoms with Crippen LogP contribution in [0.5, 0.6) is 5.75 Å². The Bertz CT molecular complexity index is 958. The molecule has 1 N–H and O–H groups in total. The molecule has 0 saturated carbocycles. The molecule has 0 bridgehead atoms.